The number of aryl methyl sites for hydroxylation is 1. The zero-order chi connectivity index (χ0) is 9.84. The molecule has 0 spiro atoms. The maximum absolute atomic E-state index is 6.02. The number of nitrogens with zero attached hydrogens (tertiary/aromatic N) is 2. The average molecular weight is 264 g/mol. The SMILES string of the molecule is CCn1ncc(Br)c1C(N)CSC. The number of rotatable bonds is 4. The molecule has 0 radical (unpaired) electrons. The lowest BCUT2D eigenvalue weighted by molar-refractivity contribution is 0.591. The first-order valence-corrected chi connectivity index (χ1v) is 6.35. The Balaban J connectivity index is 2.89. The van der Waals surface area contributed by atoms with Gasteiger partial charge >= 0.3 is 0 Å². The second-order valence-corrected chi connectivity index (χ2v) is 4.52. The molecule has 1 aromatic rings. The van der Waals surface area contributed by atoms with Crippen molar-refractivity contribution in [3.63, 3.8) is 0 Å². The lowest BCUT2D eigenvalue weighted by Gasteiger charge is -2.12. The van der Waals surface area contributed by atoms with Crippen molar-refractivity contribution in [2.75, 3.05) is 12.0 Å². The summed E-state index contributed by atoms with van der Waals surface area (Å²) in [7, 11) is 0. The molecule has 74 valence electrons. The van der Waals surface area contributed by atoms with Crippen molar-refractivity contribution < 1.29 is 0 Å². The molecule has 0 fully saturated rings. The smallest absolute Gasteiger partial charge is 0.0701 e. The summed E-state index contributed by atoms with van der Waals surface area (Å²) in [5.74, 6) is 0.921. The molecule has 1 aromatic heterocycles. The molecule has 1 rings (SSSR count). The standard InChI is InChI=1S/C8H14BrN3S/c1-3-12-8(6(9)4-11-12)7(10)5-13-2/h4,7H,3,5,10H2,1-2H3. The van der Waals surface area contributed by atoms with E-state index in [-0.39, 0.29) is 6.04 Å². The van der Waals surface area contributed by atoms with Gasteiger partial charge in [0.25, 0.3) is 0 Å². The van der Waals surface area contributed by atoms with Crippen LogP contribution in [-0.4, -0.2) is 21.8 Å². The summed E-state index contributed by atoms with van der Waals surface area (Å²) in [6, 6.07) is 0.0619. The van der Waals surface area contributed by atoms with E-state index in [0.717, 1.165) is 22.5 Å². The summed E-state index contributed by atoms with van der Waals surface area (Å²) in [5.41, 5.74) is 7.11. The highest BCUT2D eigenvalue weighted by Crippen LogP contribution is 2.23. The van der Waals surface area contributed by atoms with Gasteiger partial charge in [0.2, 0.25) is 0 Å². The van der Waals surface area contributed by atoms with Crippen molar-refractivity contribution >= 4 is 27.7 Å². The first-order chi connectivity index (χ1) is 6.20. The van der Waals surface area contributed by atoms with Gasteiger partial charge in [-0.15, -0.1) is 0 Å². The molecule has 0 amide bonds. The Morgan fingerprint density at radius 2 is 2.46 bits per heavy atom. The van der Waals surface area contributed by atoms with Crippen molar-refractivity contribution in [3.8, 4) is 0 Å². The second-order valence-electron chi connectivity index (χ2n) is 2.76. The van der Waals surface area contributed by atoms with E-state index in [1.807, 2.05) is 4.68 Å². The molecule has 0 aliphatic heterocycles. The number of hydrogen-bond acceptors (Lipinski definition) is 3. The molecule has 0 aromatic carbocycles. The predicted octanol–water partition coefficient (Wildman–Crippen LogP) is 2.03. The van der Waals surface area contributed by atoms with Crippen LogP contribution in [0, 0.1) is 0 Å². The van der Waals surface area contributed by atoms with Gasteiger partial charge in [-0.05, 0) is 29.1 Å². The van der Waals surface area contributed by atoms with Gasteiger partial charge in [-0.1, -0.05) is 0 Å². The van der Waals surface area contributed by atoms with Crippen LogP contribution < -0.4 is 5.73 Å². The van der Waals surface area contributed by atoms with Crippen molar-refractivity contribution in [3.05, 3.63) is 16.4 Å². The van der Waals surface area contributed by atoms with Gasteiger partial charge in [0.15, 0.2) is 0 Å². The van der Waals surface area contributed by atoms with Gasteiger partial charge in [0, 0.05) is 12.3 Å². The minimum Gasteiger partial charge on any atom is -0.322 e. The minimum absolute atomic E-state index is 0.0619. The van der Waals surface area contributed by atoms with Crippen LogP contribution in [0.4, 0.5) is 0 Å². The minimum atomic E-state index is 0.0619. The zero-order valence-corrected chi connectivity index (χ0v) is 10.2. The van der Waals surface area contributed by atoms with E-state index in [9.17, 15) is 0 Å². The number of thioether (sulfide) groups is 1. The van der Waals surface area contributed by atoms with E-state index in [1.165, 1.54) is 0 Å². The zero-order valence-electron chi connectivity index (χ0n) is 7.83. The summed E-state index contributed by atoms with van der Waals surface area (Å²) < 4.78 is 2.95. The highest BCUT2D eigenvalue weighted by atomic mass is 79.9. The molecule has 0 aliphatic carbocycles. The fourth-order valence-electron chi connectivity index (χ4n) is 1.25. The normalized spacial score (nSPS) is 13.2. The van der Waals surface area contributed by atoms with Gasteiger partial charge in [-0.3, -0.25) is 4.68 Å². The summed E-state index contributed by atoms with van der Waals surface area (Å²) in [6.45, 7) is 2.93. The van der Waals surface area contributed by atoms with Gasteiger partial charge in [0.1, 0.15) is 0 Å². The van der Waals surface area contributed by atoms with Crippen LogP contribution in [0.2, 0.25) is 0 Å². The molecule has 5 heteroatoms. The van der Waals surface area contributed by atoms with E-state index in [0.29, 0.717) is 0 Å². The Morgan fingerprint density at radius 3 is 3.00 bits per heavy atom. The van der Waals surface area contributed by atoms with E-state index >= 15 is 0 Å². The van der Waals surface area contributed by atoms with E-state index < -0.39 is 0 Å². The molecular weight excluding hydrogens is 250 g/mol. The first kappa shape index (κ1) is 11.1. The number of aromatic nitrogens is 2. The van der Waals surface area contributed by atoms with E-state index in [1.54, 1.807) is 18.0 Å². The number of hydrogen-bond donors (Lipinski definition) is 1. The molecule has 0 saturated heterocycles. The van der Waals surface area contributed by atoms with Crippen molar-refractivity contribution in [2.45, 2.75) is 19.5 Å². The Hall–Kier alpha value is -0.0000000000000000555. The van der Waals surface area contributed by atoms with Gasteiger partial charge < -0.3 is 5.73 Å². The number of nitrogens with two attached hydrogens (primary N) is 1. The molecule has 1 unspecified atom stereocenters. The lowest BCUT2D eigenvalue weighted by Crippen LogP contribution is -2.18. The van der Waals surface area contributed by atoms with Crippen LogP contribution in [0.25, 0.3) is 0 Å². The van der Waals surface area contributed by atoms with E-state index in [2.05, 4.69) is 34.2 Å². The maximum atomic E-state index is 6.02. The van der Waals surface area contributed by atoms with Crippen molar-refractivity contribution in [1.29, 1.82) is 0 Å². The molecule has 1 heterocycles. The van der Waals surface area contributed by atoms with Crippen LogP contribution >= 0.6 is 27.7 Å². The molecule has 2 N–H and O–H groups in total. The average Bonchev–Trinajstić information content (AvgIpc) is 2.47. The fraction of sp³-hybridized carbons (Fsp3) is 0.625. The van der Waals surface area contributed by atoms with Crippen molar-refractivity contribution in [1.82, 2.24) is 9.78 Å². The first-order valence-electron chi connectivity index (χ1n) is 4.16. The molecule has 13 heavy (non-hydrogen) atoms. The van der Waals surface area contributed by atoms with Gasteiger partial charge in [-0.2, -0.15) is 16.9 Å². The molecule has 0 bridgehead atoms. The highest BCUT2D eigenvalue weighted by molar-refractivity contribution is 9.10. The predicted molar refractivity (Wildman–Crippen MR) is 60.9 cm³/mol. The maximum Gasteiger partial charge on any atom is 0.0701 e. The van der Waals surface area contributed by atoms with Gasteiger partial charge in [-0.25, -0.2) is 0 Å². The van der Waals surface area contributed by atoms with Crippen LogP contribution in [0.3, 0.4) is 0 Å². The molecule has 1 atom stereocenters. The van der Waals surface area contributed by atoms with E-state index in [4.69, 9.17) is 5.73 Å². The Labute approximate surface area is 91.2 Å². The Kier molecular flexibility index (Phi) is 4.28. The lowest BCUT2D eigenvalue weighted by atomic mass is 10.2. The van der Waals surface area contributed by atoms with Crippen LogP contribution in [0.5, 0.6) is 0 Å². The van der Waals surface area contributed by atoms with Crippen LogP contribution in [0.1, 0.15) is 18.7 Å². The monoisotopic (exact) mass is 263 g/mol. The van der Waals surface area contributed by atoms with Crippen LogP contribution in [-0.2, 0) is 6.54 Å². The summed E-state index contributed by atoms with van der Waals surface area (Å²) >= 11 is 5.20. The quantitative estimate of drug-likeness (QED) is 0.904. The Bertz CT molecular complexity index is 274. The number of halogens is 1. The molecule has 0 saturated carbocycles. The van der Waals surface area contributed by atoms with Gasteiger partial charge in [0.05, 0.1) is 22.4 Å². The topological polar surface area (TPSA) is 43.8 Å². The molecule has 3 nitrogen and oxygen atoms in total. The second kappa shape index (κ2) is 5.02. The third-order valence-electron chi connectivity index (χ3n) is 1.83. The van der Waals surface area contributed by atoms with Crippen molar-refractivity contribution in [2.24, 2.45) is 5.73 Å². The highest BCUT2D eigenvalue weighted by Gasteiger charge is 2.14. The summed E-state index contributed by atoms with van der Waals surface area (Å²) in [6.07, 6.45) is 3.86. The third kappa shape index (κ3) is 2.48. The summed E-state index contributed by atoms with van der Waals surface area (Å²) in [5, 5.41) is 4.22. The molecular formula is C8H14BrN3S. The van der Waals surface area contributed by atoms with Crippen LogP contribution in [0.15, 0.2) is 10.7 Å². The largest absolute Gasteiger partial charge is 0.322 e. The fourth-order valence-corrected chi connectivity index (χ4v) is 2.36. The molecule has 0 aliphatic rings. The summed E-state index contributed by atoms with van der Waals surface area (Å²) in [4.78, 5) is 0. The third-order valence-corrected chi connectivity index (χ3v) is 3.13. The Morgan fingerprint density at radius 1 is 1.77 bits per heavy atom.